The molecule has 0 saturated heterocycles. The molecule has 9 heteroatoms. The Morgan fingerprint density at radius 3 is 2.33 bits per heavy atom. The lowest BCUT2D eigenvalue weighted by Gasteiger charge is -2.17. The highest BCUT2D eigenvalue weighted by molar-refractivity contribution is 5.95. The predicted octanol–water partition coefficient (Wildman–Crippen LogP) is 1.55. The Hall–Kier alpha value is -1.67. The molecule has 15 heavy (non-hydrogen) atoms. The first-order chi connectivity index (χ1) is 6.75. The van der Waals surface area contributed by atoms with E-state index in [1.54, 1.807) is 0 Å². The lowest BCUT2D eigenvalue weighted by atomic mass is 10.3. The third-order valence-electron chi connectivity index (χ3n) is 1.39. The third kappa shape index (κ3) is 2.22. The number of rotatable bonds is 2. The van der Waals surface area contributed by atoms with Gasteiger partial charge < -0.3 is 5.32 Å². The molecule has 0 atom stereocenters. The maximum absolute atomic E-state index is 12.3. The Kier molecular flexibility index (Phi) is 2.65. The molecule has 4 nitrogen and oxygen atoms in total. The lowest BCUT2D eigenvalue weighted by Crippen LogP contribution is -2.47. The van der Waals surface area contributed by atoms with E-state index >= 15 is 0 Å². The van der Waals surface area contributed by atoms with E-state index in [2.05, 4.69) is 5.10 Å². The highest BCUT2D eigenvalue weighted by Crippen LogP contribution is 2.36. The SMILES string of the molecule is O=C(Nc1ccn[nH]1)C(F)(F)C(F)(F)F. The monoisotopic (exact) mass is 229 g/mol. The van der Waals surface area contributed by atoms with Gasteiger partial charge in [0.2, 0.25) is 0 Å². The molecule has 1 aromatic rings. The zero-order chi connectivity index (χ0) is 11.7. The number of aromatic nitrogens is 2. The largest absolute Gasteiger partial charge is 0.463 e. The van der Waals surface area contributed by atoms with Crippen LogP contribution >= 0.6 is 0 Å². The number of amides is 1. The van der Waals surface area contributed by atoms with E-state index in [4.69, 9.17) is 0 Å². The summed E-state index contributed by atoms with van der Waals surface area (Å²) in [5.41, 5.74) is 0. The average molecular weight is 229 g/mol. The van der Waals surface area contributed by atoms with E-state index in [1.165, 1.54) is 5.32 Å². The van der Waals surface area contributed by atoms with Crippen molar-refractivity contribution in [1.29, 1.82) is 0 Å². The first-order valence-electron chi connectivity index (χ1n) is 3.50. The molecule has 0 unspecified atom stereocenters. The third-order valence-corrected chi connectivity index (χ3v) is 1.39. The van der Waals surface area contributed by atoms with Gasteiger partial charge in [0.15, 0.2) is 0 Å². The van der Waals surface area contributed by atoms with E-state index in [1.807, 2.05) is 5.10 Å². The molecule has 0 fully saturated rings. The van der Waals surface area contributed by atoms with Crippen LogP contribution in [-0.4, -0.2) is 28.2 Å². The van der Waals surface area contributed by atoms with Crippen molar-refractivity contribution in [3.05, 3.63) is 12.3 Å². The second kappa shape index (κ2) is 3.48. The molecule has 84 valence electrons. The van der Waals surface area contributed by atoms with Crippen LogP contribution in [-0.2, 0) is 4.79 Å². The second-order valence-electron chi connectivity index (χ2n) is 2.50. The fraction of sp³-hybridized carbons (Fsp3) is 0.333. The normalized spacial score (nSPS) is 12.6. The Bertz CT molecular complexity index is 344. The molecular weight excluding hydrogens is 225 g/mol. The summed E-state index contributed by atoms with van der Waals surface area (Å²) in [6, 6.07) is 1.03. The molecule has 0 aromatic carbocycles. The Labute approximate surface area is 79.5 Å². The molecule has 0 aliphatic heterocycles. The van der Waals surface area contributed by atoms with Gasteiger partial charge in [-0.15, -0.1) is 0 Å². The van der Waals surface area contributed by atoms with Crippen LogP contribution in [0.2, 0.25) is 0 Å². The average Bonchev–Trinajstić information content (AvgIpc) is 2.54. The number of aromatic amines is 1. The molecule has 1 amide bonds. The summed E-state index contributed by atoms with van der Waals surface area (Å²) in [5.74, 6) is -8.24. The van der Waals surface area contributed by atoms with Gasteiger partial charge in [-0.1, -0.05) is 0 Å². The number of H-pyrrole nitrogens is 1. The first kappa shape index (κ1) is 11.4. The fourth-order valence-corrected chi connectivity index (χ4v) is 0.655. The summed E-state index contributed by atoms with van der Waals surface area (Å²) in [4.78, 5) is 10.5. The summed E-state index contributed by atoms with van der Waals surface area (Å²) in [6.07, 6.45) is -4.83. The topological polar surface area (TPSA) is 57.8 Å². The maximum Gasteiger partial charge on any atom is 0.463 e. The van der Waals surface area contributed by atoms with Crippen LogP contribution < -0.4 is 5.32 Å². The number of halogens is 5. The Balaban J connectivity index is 2.77. The standard InChI is InChI=1S/C6H4F5N3O/c7-5(8,6(9,10)11)4(15)13-3-1-2-12-14-3/h1-2H,(H2,12,13,14,15). The van der Waals surface area contributed by atoms with Gasteiger partial charge >= 0.3 is 18.0 Å². The number of alkyl halides is 5. The summed E-state index contributed by atoms with van der Waals surface area (Å²) >= 11 is 0. The van der Waals surface area contributed by atoms with Crippen molar-refractivity contribution < 1.29 is 26.7 Å². The molecule has 0 bridgehead atoms. The highest BCUT2D eigenvalue weighted by atomic mass is 19.4. The summed E-state index contributed by atoms with van der Waals surface area (Å²) < 4.78 is 59.7. The van der Waals surface area contributed by atoms with Gasteiger partial charge in [-0.25, -0.2) is 0 Å². The number of nitrogens with zero attached hydrogens (tertiary/aromatic N) is 1. The second-order valence-corrected chi connectivity index (χ2v) is 2.50. The van der Waals surface area contributed by atoms with Crippen LogP contribution in [0.4, 0.5) is 27.8 Å². The highest BCUT2D eigenvalue weighted by Gasteiger charge is 2.63. The zero-order valence-corrected chi connectivity index (χ0v) is 6.90. The molecule has 0 radical (unpaired) electrons. The summed E-state index contributed by atoms with van der Waals surface area (Å²) in [6.45, 7) is 0. The molecule has 0 spiro atoms. The fourth-order valence-electron chi connectivity index (χ4n) is 0.655. The molecule has 1 aromatic heterocycles. The molecular formula is C6H4F5N3O. The van der Waals surface area contributed by atoms with E-state index < -0.39 is 18.0 Å². The summed E-state index contributed by atoms with van der Waals surface area (Å²) in [7, 11) is 0. The molecule has 0 aliphatic rings. The van der Waals surface area contributed by atoms with Crippen molar-refractivity contribution in [2.45, 2.75) is 12.1 Å². The number of hydrogen-bond acceptors (Lipinski definition) is 2. The zero-order valence-electron chi connectivity index (χ0n) is 6.90. The van der Waals surface area contributed by atoms with Crippen LogP contribution in [0.15, 0.2) is 12.3 Å². The van der Waals surface area contributed by atoms with Crippen molar-refractivity contribution in [1.82, 2.24) is 10.2 Å². The molecule has 0 saturated carbocycles. The van der Waals surface area contributed by atoms with Gasteiger partial charge in [0.1, 0.15) is 5.82 Å². The Morgan fingerprint density at radius 1 is 1.33 bits per heavy atom. The van der Waals surface area contributed by atoms with Crippen molar-refractivity contribution in [3.8, 4) is 0 Å². The van der Waals surface area contributed by atoms with Crippen LogP contribution in [0, 0.1) is 0 Å². The molecule has 0 aliphatic carbocycles. The quantitative estimate of drug-likeness (QED) is 0.756. The van der Waals surface area contributed by atoms with Crippen LogP contribution in [0.25, 0.3) is 0 Å². The van der Waals surface area contributed by atoms with Gasteiger partial charge in [0.05, 0.1) is 6.20 Å². The van der Waals surface area contributed by atoms with E-state index in [-0.39, 0.29) is 5.82 Å². The molecule has 1 rings (SSSR count). The molecule has 2 N–H and O–H groups in total. The van der Waals surface area contributed by atoms with Gasteiger partial charge in [0, 0.05) is 6.07 Å². The summed E-state index contributed by atoms with van der Waals surface area (Å²) in [5, 5.41) is 6.60. The van der Waals surface area contributed by atoms with Crippen LogP contribution in [0.1, 0.15) is 0 Å². The van der Waals surface area contributed by atoms with Crippen molar-refractivity contribution >= 4 is 11.7 Å². The van der Waals surface area contributed by atoms with Crippen molar-refractivity contribution in [2.24, 2.45) is 0 Å². The number of carbonyl (C=O) groups excluding carboxylic acids is 1. The minimum absolute atomic E-state index is 0.344. The van der Waals surface area contributed by atoms with Crippen molar-refractivity contribution in [3.63, 3.8) is 0 Å². The number of nitrogens with one attached hydrogen (secondary N) is 2. The number of hydrogen-bond donors (Lipinski definition) is 2. The van der Waals surface area contributed by atoms with E-state index in [9.17, 15) is 26.7 Å². The van der Waals surface area contributed by atoms with Gasteiger partial charge in [-0.2, -0.15) is 27.1 Å². The number of anilines is 1. The van der Waals surface area contributed by atoms with Gasteiger partial charge in [-0.05, 0) is 0 Å². The van der Waals surface area contributed by atoms with Gasteiger partial charge in [-0.3, -0.25) is 9.89 Å². The number of carbonyl (C=O) groups is 1. The van der Waals surface area contributed by atoms with Gasteiger partial charge in [0.25, 0.3) is 0 Å². The van der Waals surface area contributed by atoms with E-state index in [0.717, 1.165) is 12.3 Å². The maximum atomic E-state index is 12.3. The minimum atomic E-state index is -5.92. The molecule has 1 heterocycles. The lowest BCUT2D eigenvalue weighted by molar-refractivity contribution is -0.267. The van der Waals surface area contributed by atoms with Crippen molar-refractivity contribution in [2.75, 3.05) is 5.32 Å². The smallest absolute Gasteiger partial charge is 0.305 e. The van der Waals surface area contributed by atoms with Crippen LogP contribution in [0.3, 0.4) is 0 Å². The first-order valence-corrected chi connectivity index (χ1v) is 3.50. The Morgan fingerprint density at radius 2 is 1.93 bits per heavy atom. The predicted molar refractivity (Wildman–Crippen MR) is 38.2 cm³/mol. The minimum Gasteiger partial charge on any atom is -0.305 e. The van der Waals surface area contributed by atoms with Crippen LogP contribution in [0.5, 0.6) is 0 Å². The van der Waals surface area contributed by atoms with E-state index in [0.29, 0.717) is 0 Å².